The van der Waals surface area contributed by atoms with Crippen molar-refractivity contribution in [1.82, 2.24) is 39.0 Å². The molecule has 16 nitrogen and oxygen atoms in total. The zero-order chi connectivity index (χ0) is 64.4. The van der Waals surface area contributed by atoms with E-state index in [-0.39, 0.29) is 82.6 Å². The summed E-state index contributed by atoms with van der Waals surface area (Å²) in [5, 5.41) is 18.8. The summed E-state index contributed by atoms with van der Waals surface area (Å²) in [4.78, 5) is 48.9. The van der Waals surface area contributed by atoms with Crippen LogP contribution in [0.4, 0.5) is 26.3 Å². The predicted octanol–water partition coefficient (Wildman–Crippen LogP) is 14.2. The number of carboxylic acids is 2. The minimum atomic E-state index is -1.09. The fraction of sp³-hybridized carbons (Fsp3) is 0.143. The van der Waals surface area contributed by atoms with Crippen LogP contribution in [-0.2, 0) is 48.6 Å². The molecule has 0 radical (unpaired) electrons. The van der Waals surface area contributed by atoms with E-state index < -0.39 is 46.8 Å². The lowest BCUT2D eigenvalue weighted by Gasteiger charge is -2.12. The summed E-state index contributed by atoms with van der Waals surface area (Å²) in [6, 6.07) is 39.5. The number of imidazole rings is 2. The van der Waals surface area contributed by atoms with E-state index in [1.807, 2.05) is 12.1 Å². The highest BCUT2D eigenvalue weighted by atomic mass is 19.1. The molecule has 22 heteroatoms. The quantitative estimate of drug-likeness (QED) is 0.0607. The average Bonchev–Trinajstić information content (AvgIpc) is 1.56. The SMILES string of the molecule is COCCn1c(Cc2cc(F)c(-c3cccc(OCc4ccc(-c5cccnc5)cc4F)n3)cc2F)nc2ccc(C(=O)O)cc21.COCCn1c(Cc2cc(F)c(-c3cccc(OCc4ccc(-c5cccnc5)cc4F)n3)cc2F)nc2ccc(C(=O)O)cc21. The fourth-order valence-corrected chi connectivity index (χ4v) is 10.3. The molecule has 0 unspecified atom stereocenters. The number of hydrogen-bond donors (Lipinski definition) is 2. The molecule has 12 aromatic rings. The second-order valence-corrected chi connectivity index (χ2v) is 21.0. The first-order valence-electron chi connectivity index (χ1n) is 28.6. The number of hydrogen-bond acceptors (Lipinski definition) is 12. The summed E-state index contributed by atoms with van der Waals surface area (Å²) in [6.07, 6.45) is 6.47. The van der Waals surface area contributed by atoms with Gasteiger partial charge in [-0.15, -0.1) is 0 Å². The van der Waals surface area contributed by atoms with Gasteiger partial charge in [-0.05, 0) is 119 Å². The van der Waals surface area contributed by atoms with Gasteiger partial charge in [-0.3, -0.25) is 9.97 Å². The molecule has 464 valence electrons. The number of carbonyl (C=O) groups is 2. The van der Waals surface area contributed by atoms with Gasteiger partial charge in [-0.2, -0.15) is 0 Å². The Kier molecular flexibility index (Phi) is 19.1. The van der Waals surface area contributed by atoms with E-state index in [0.717, 1.165) is 35.4 Å². The Morgan fingerprint density at radius 2 is 0.859 bits per heavy atom. The minimum absolute atomic E-state index is 0.0500. The van der Waals surface area contributed by atoms with Crippen molar-refractivity contribution in [2.24, 2.45) is 0 Å². The molecule has 0 amide bonds. The van der Waals surface area contributed by atoms with Crippen LogP contribution in [0, 0.1) is 34.9 Å². The minimum Gasteiger partial charge on any atom is -0.478 e. The summed E-state index contributed by atoms with van der Waals surface area (Å²) in [7, 11) is 3.06. The van der Waals surface area contributed by atoms with Crippen molar-refractivity contribution in [3.05, 3.63) is 262 Å². The Hall–Kier alpha value is -11.1. The smallest absolute Gasteiger partial charge is 0.335 e. The van der Waals surface area contributed by atoms with Crippen LogP contribution in [0.5, 0.6) is 11.8 Å². The summed E-state index contributed by atoms with van der Waals surface area (Å²) < 4.78 is 117. The Labute approximate surface area is 521 Å². The third kappa shape index (κ3) is 14.3. The van der Waals surface area contributed by atoms with E-state index in [1.54, 1.807) is 107 Å². The molecule has 6 heterocycles. The Bertz CT molecular complexity index is 4390. The Morgan fingerprint density at radius 1 is 0.435 bits per heavy atom. The highest BCUT2D eigenvalue weighted by Crippen LogP contribution is 2.32. The number of pyridine rings is 4. The van der Waals surface area contributed by atoms with Gasteiger partial charge in [0, 0.05) is 110 Å². The molecule has 2 N–H and O–H groups in total. The molecule has 0 saturated carbocycles. The summed E-state index contributed by atoms with van der Waals surface area (Å²) in [5.74, 6) is -4.75. The van der Waals surface area contributed by atoms with Crippen LogP contribution in [-0.4, -0.2) is 88.6 Å². The van der Waals surface area contributed by atoms with E-state index in [4.69, 9.17) is 18.9 Å². The number of methoxy groups -OCH3 is 2. The van der Waals surface area contributed by atoms with Gasteiger partial charge in [0.2, 0.25) is 11.8 Å². The van der Waals surface area contributed by atoms with Gasteiger partial charge < -0.3 is 38.3 Å². The topological polar surface area (TPSA) is 199 Å². The van der Waals surface area contributed by atoms with Crippen molar-refractivity contribution < 1.29 is 65.1 Å². The van der Waals surface area contributed by atoms with Crippen LogP contribution in [0.25, 0.3) is 66.8 Å². The molecule has 6 aromatic heterocycles. The first-order chi connectivity index (χ1) is 44.6. The second-order valence-electron chi connectivity index (χ2n) is 21.0. The Morgan fingerprint density at radius 3 is 1.24 bits per heavy atom. The van der Waals surface area contributed by atoms with Crippen LogP contribution in [0.2, 0.25) is 0 Å². The standard InChI is InChI=1S/2C35H27F3N4O4/c2*1-45-13-12-42-32-16-22(35(43)44)9-10-31(32)40-33(42)17-25-15-29(38)26(18-28(25)37)30-5-2-6-34(41-30)46-20-24-8-7-21(14-27(24)36)23-4-3-11-39-19-23/h2*2-11,14-16,18-19H,12-13,17,20H2,1H3,(H,43,44). The third-order valence-electron chi connectivity index (χ3n) is 15.0. The number of benzene rings is 6. The van der Waals surface area contributed by atoms with Crippen molar-refractivity contribution in [2.75, 3.05) is 27.4 Å². The van der Waals surface area contributed by atoms with Crippen molar-refractivity contribution in [3.8, 4) is 56.5 Å². The molecule has 0 atom stereocenters. The van der Waals surface area contributed by atoms with E-state index >= 15 is 17.6 Å². The number of nitrogens with zero attached hydrogens (tertiary/aromatic N) is 8. The molecular formula is C70H54F6N8O8. The Balaban J connectivity index is 0.000000188. The molecule has 0 bridgehead atoms. The molecule has 12 rings (SSSR count). The maximum absolute atomic E-state index is 15.5. The van der Waals surface area contributed by atoms with Gasteiger partial charge in [0.1, 0.15) is 59.8 Å². The first-order valence-corrected chi connectivity index (χ1v) is 28.6. The predicted molar refractivity (Wildman–Crippen MR) is 330 cm³/mol. The number of carboxylic acid groups (broad SMARTS) is 2. The molecule has 92 heavy (non-hydrogen) atoms. The highest BCUT2D eigenvalue weighted by molar-refractivity contribution is 5.93. The molecule has 0 fully saturated rings. The number of ether oxygens (including phenoxy) is 4. The van der Waals surface area contributed by atoms with Gasteiger partial charge in [-0.25, -0.2) is 55.9 Å². The van der Waals surface area contributed by atoms with E-state index in [9.17, 15) is 28.6 Å². The largest absolute Gasteiger partial charge is 0.478 e. The van der Waals surface area contributed by atoms with Crippen LogP contribution in [0.3, 0.4) is 0 Å². The molecular weight excluding hydrogens is 1190 g/mol. The normalized spacial score (nSPS) is 11.2. The molecule has 6 aromatic carbocycles. The maximum atomic E-state index is 15.5. The zero-order valence-corrected chi connectivity index (χ0v) is 49.2. The summed E-state index contributed by atoms with van der Waals surface area (Å²) >= 11 is 0. The van der Waals surface area contributed by atoms with Gasteiger partial charge in [0.05, 0.1) is 57.8 Å². The summed E-state index contributed by atoms with van der Waals surface area (Å²) in [5.41, 5.74) is 6.10. The number of aromatic nitrogens is 8. The fourth-order valence-electron chi connectivity index (χ4n) is 10.3. The lowest BCUT2D eigenvalue weighted by Crippen LogP contribution is -2.10. The van der Waals surface area contributed by atoms with Crippen molar-refractivity contribution in [1.29, 1.82) is 0 Å². The van der Waals surface area contributed by atoms with Crippen molar-refractivity contribution >= 4 is 34.0 Å². The number of rotatable bonds is 22. The monoisotopic (exact) mass is 1250 g/mol. The molecule has 0 aliphatic rings. The van der Waals surface area contributed by atoms with E-state index in [0.29, 0.717) is 82.3 Å². The summed E-state index contributed by atoms with van der Waals surface area (Å²) in [6.45, 7) is 1.04. The zero-order valence-electron chi connectivity index (χ0n) is 49.2. The van der Waals surface area contributed by atoms with Gasteiger partial charge in [-0.1, -0.05) is 48.5 Å². The van der Waals surface area contributed by atoms with Crippen molar-refractivity contribution in [2.45, 2.75) is 39.1 Å². The molecule has 0 aliphatic heterocycles. The number of aromatic carboxylic acids is 2. The second kappa shape index (κ2) is 28.2. The maximum Gasteiger partial charge on any atom is 0.335 e. The third-order valence-corrected chi connectivity index (χ3v) is 15.0. The van der Waals surface area contributed by atoms with Crippen LogP contribution in [0.1, 0.15) is 54.6 Å². The van der Waals surface area contributed by atoms with E-state index in [1.165, 1.54) is 62.8 Å². The molecule has 0 aliphatic carbocycles. The average molecular weight is 1250 g/mol. The number of halogens is 6. The molecule has 0 spiro atoms. The van der Waals surface area contributed by atoms with Crippen LogP contribution < -0.4 is 9.47 Å². The van der Waals surface area contributed by atoms with E-state index in [2.05, 4.69) is 29.9 Å². The van der Waals surface area contributed by atoms with Crippen LogP contribution >= 0.6 is 0 Å². The number of fused-ring (bicyclic) bond motifs is 2. The highest BCUT2D eigenvalue weighted by Gasteiger charge is 2.22. The van der Waals surface area contributed by atoms with Crippen molar-refractivity contribution in [3.63, 3.8) is 0 Å². The van der Waals surface area contributed by atoms with Crippen LogP contribution in [0.15, 0.2) is 183 Å². The first kappa shape index (κ1) is 62.5. The lowest BCUT2D eigenvalue weighted by atomic mass is 10.0. The lowest BCUT2D eigenvalue weighted by molar-refractivity contribution is 0.0686. The van der Waals surface area contributed by atoms with Gasteiger partial charge in [0.25, 0.3) is 0 Å². The molecule has 0 saturated heterocycles. The van der Waals surface area contributed by atoms with Gasteiger partial charge >= 0.3 is 11.9 Å². The van der Waals surface area contributed by atoms with Gasteiger partial charge in [0.15, 0.2) is 0 Å².